The molecule has 1 aromatic carbocycles. The Morgan fingerprint density at radius 3 is 2.53 bits per heavy atom. The summed E-state index contributed by atoms with van der Waals surface area (Å²) in [5.74, 6) is -0.282. The number of aliphatic hydroxyl groups excluding tert-OH is 1. The van der Waals surface area contributed by atoms with Crippen LogP contribution >= 0.6 is 0 Å². The van der Waals surface area contributed by atoms with Crippen molar-refractivity contribution in [3.8, 4) is 22.6 Å². The molecule has 4 aromatic rings. The van der Waals surface area contributed by atoms with Crippen LogP contribution in [0, 0.1) is 17.0 Å². The van der Waals surface area contributed by atoms with Crippen LogP contribution in [0.4, 0.5) is 14.7 Å². The molecule has 194 valence electrons. The van der Waals surface area contributed by atoms with Crippen molar-refractivity contribution in [1.82, 2.24) is 30.1 Å². The first-order valence-corrected chi connectivity index (χ1v) is 12.6. The van der Waals surface area contributed by atoms with E-state index in [0.29, 0.717) is 23.9 Å². The molecule has 2 bridgehead atoms. The number of hydrogen-bond acceptors (Lipinski definition) is 8. The lowest BCUT2D eigenvalue weighted by Gasteiger charge is -2.37. The van der Waals surface area contributed by atoms with Gasteiger partial charge in [0.1, 0.15) is 11.6 Å². The fraction of sp³-hybridized carbons (Fsp3) is 0.357. The van der Waals surface area contributed by atoms with Gasteiger partial charge in [0.05, 0.1) is 39.7 Å². The Morgan fingerprint density at radius 2 is 1.82 bits per heavy atom. The molecule has 3 atom stereocenters. The first-order chi connectivity index (χ1) is 18.2. The van der Waals surface area contributed by atoms with E-state index < -0.39 is 23.2 Å². The number of rotatable bonds is 6. The fourth-order valence-corrected chi connectivity index (χ4v) is 6.27. The van der Waals surface area contributed by atoms with Crippen molar-refractivity contribution in [2.75, 3.05) is 11.9 Å². The van der Waals surface area contributed by atoms with E-state index in [1.165, 1.54) is 18.2 Å². The molecule has 3 heterocycles. The Morgan fingerprint density at radius 1 is 1.08 bits per heavy atom. The van der Waals surface area contributed by atoms with E-state index in [1.807, 2.05) is 6.07 Å². The van der Waals surface area contributed by atoms with Gasteiger partial charge in [0.15, 0.2) is 5.82 Å². The summed E-state index contributed by atoms with van der Waals surface area (Å²) in [7, 11) is 0. The van der Waals surface area contributed by atoms with E-state index >= 15 is 0 Å². The Balaban J connectivity index is 1.40. The van der Waals surface area contributed by atoms with E-state index in [0.717, 1.165) is 29.8 Å². The van der Waals surface area contributed by atoms with E-state index in [9.17, 15) is 13.9 Å². The Hall–Kier alpha value is -3.92. The SMILES string of the molecule is C[C@@H](O)CNc1ncc(-c2nccc([C@]34CC[C@@H](c5cc(-c6c(F)cccc6F)nnc53)C4(C)C)n2)cn1. The molecule has 1 fully saturated rings. The van der Waals surface area contributed by atoms with Gasteiger partial charge in [0.25, 0.3) is 0 Å². The standard InChI is InChI=1S/C28H27F2N7O/c1-15(38)12-32-26-33-13-16(14-34-26)25-31-10-8-22(35-25)28-9-7-18(27(28,2)3)17-11-21(36-37-24(17)28)23-19(29)5-4-6-20(23)30/h4-6,8,10-11,13-15,18,38H,7,9,12H2,1-3H3,(H,32,33,34)/t15-,18+,28-/m1/s1. The van der Waals surface area contributed by atoms with Crippen molar-refractivity contribution in [2.24, 2.45) is 5.41 Å². The fourth-order valence-electron chi connectivity index (χ4n) is 6.27. The zero-order valence-corrected chi connectivity index (χ0v) is 21.3. The Bertz CT molecular complexity index is 1510. The largest absolute Gasteiger partial charge is 0.392 e. The highest BCUT2D eigenvalue weighted by molar-refractivity contribution is 5.64. The van der Waals surface area contributed by atoms with Crippen molar-refractivity contribution < 1.29 is 13.9 Å². The van der Waals surface area contributed by atoms with Gasteiger partial charge in [-0.15, -0.1) is 5.10 Å². The van der Waals surface area contributed by atoms with E-state index in [1.54, 1.807) is 31.6 Å². The van der Waals surface area contributed by atoms with Gasteiger partial charge >= 0.3 is 0 Å². The first-order valence-electron chi connectivity index (χ1n) is 12.6. The minimum Gasteiger partial charge on any atom is -0.392 e. The molecule has 2 aliphatic rings. The van der Waals surface area contributed by atoms with Gasteiger partial charge < -0.3 is 10.4 Å². The third kappa shape index (κ3) is 3.58. The summed E-state index contributed by atoms with van der Waals surface area (Å²) in [5.41, 5.74) is 2.51. The number of nitrogens with one attached hydrogen (secondary N) is 1. The van der Waals surface area contributed by atoms with Gasteiger partial charge in [-0.05, 0) is 60.9 Å². The maximum absolute atomic E-state index is 14.5. The zero-order chi connectivity index (χ0) is 26.7. The van der Waals surface area contributed by atoms with Gasteiger partial charge in [-0.1, -0.05) is 19.9 Å². The predicted octanol–water partition coefficient (Wildman–Crippen LogP) is 4.66. The van der Waals surface area contributed by atoms with E-state index in [2.05, 4.69) is 44.3 Å². The number of aliphatic hydroxyl groups is 1. The average Bonchev–Trinajstić information content (AvgIpc) is 3.28. The van der Waals surface area contributed by atoms with Gasteiger partial charge in [0.2, 0.25) is 5.95 Å². The van der Waals surface area contributed by atoms with Gasteiger partial charge in [0, 0.05) is 25.1 Å². The molecule has 0 unspecified atom stereocenters. The van der Waals surface area contributed by atoms with Crippen LogP contribution < -0.4 is 5.32 Å². The van der Waals surface area contributed by atoms with Crippen LogP contribution in [-0.2, 0) is 5.41 Å². The molecule has 38 heavy (non-hydrogen) atoms. The Kier molecular flexibility index (Phi) is 5.68. The van der Waals surface area contributed by atoms with Gasteiger partial charge in [-0.3, -0.25) is 0 Å². The minimum absolute atomic E-state index is 0.141. The predicted molar refractivity (Wildman–Crippen MR) is 137 cm³/mol. The molecule has 0 radical (unpaired) electrons. The molecule has 0 amide bonds. The molecule has 1 saturated carbocycles. The summed E-state index contributed by atoms with van der Waals surface area (Å²) in [6, 6.07) is 7.51. The van der Waals surface area contributed by atoms with Crippen molar-refractivity contribution in [1.29, 1.82) is 0 Å². The maximum atomic E-state index is 14.5. The second kappa shape index (κ2) is 8.83. The number of aromatic nitrogens is 6. The van der Waals surface area contributed by atoms with Crippen LogP contribution in [-0.4, -0.2) is 47.9 Å². The molecule has 8 nitrogen and oxygen atoms in total. The molecule has 3 aromatic heterocycles. The van der Waals surface area contributed by atoms with Crippen molar-refractivity contribution >= 4 is 5.95 Å². The van der Waals surface area contributed by atoms with Crippen molar-refractivity contribution in [2.45, 2.75) is 51.0 Å². The molecule has 0 spiro atoms. The number of halogens is 2. The lowest BCUT2D eigenvalue weighted by molar-refractivity contribution is 0.208. The van der Waals surface area contributed by atoms with Crippen LogP contribution in [0.1, 0.15) is 56.5 Å². The summed E-state index contributed by atoms with van der Waals surface area (Å²) < 4.78 is 29.1. The molecule has 2 N–H and O–H groups in total. The number of nitrogens with zero attached hydrogens (tertiary/aromatic N) is 6. The van der Waals surface area contributed by atoms with Crippen molar-refractivity contribution in [3.05, 3.63) is 77.5 Å². The van der Waals surface area contributed by atoms with Gasteiger partial charge in [-0.2, -0.15) is 5.10 Å². The third-order valence-electron chi connectivity index (χ3n) is 8.16. The van der Waals surface area contributed by atoms with Crippen LogP contribution in [0.25, 0.3) is 22.6 Å². The highest BCUT2D eigenvalue weighted by Crippen LogP contribution is 2.69. The molecule has 2 aliphatic carbocycles. The minimum atomic E-state index is -0.661. The van der Waals surface area contributed by atoms with Crippen LogP contribution in [0.5, 0.6) is 0 Å². The molecule has 10 heteroatoms. The average molecular weight is 516 g/mol. The number of anilines is 1. The number of benzene rings is 1. The lowest BCUT2D eigenvalue weighted by atomic mass is 9.66. The summed E-state index contributed by atoms with van der Waals surface area (Å²) >= 11 is 0. The second-order valence-corrected chi connectivity index (χ2v) is 10.6. The van der Waals surface area contributed by atoms with E-state index in [4.69, 9.17) is 4.98 Å². The molecule has 0 saturated heterocycles. The smallest absolute Gasteiger partial charge is 0.222 e. The second-order valence-electron chi connectivity index (χ2n) is 10.6. The Labute approximate surface area is 218 Å². The first kappa shape index (κ1) is 24.4. The van der Waals surface area contributed by atoms with Gasteiger partial charge in [-0.25, -0.2) is 28.7 Å². The summed E-state index contributed by atoms with van der Waals surface area (Å²) in [6.07, 6.45) is 6.23. The summed E-state index contributed by atoms with van der Waals surface area (Å²) in [5, 5.41) is 21.3. The van der Waals surface area contributed by atoms with Crippen LogP contribution in [0.15, 0.2) is 48.9 Å². The quantitative estimate of drug-likeness (QED) is 0.382. The maximum Gasteiger partial charge on any atom is 0.222 e. The highest BCUT2D eigenvalue weighted by Gasteiger charge is 2.65. The molecular weight excluding hydrogens is 488 g/mol. The van der Waals surface area contributed by atoms with E-state index in [-0.39, 0.29) is 22.6 Å². The molecular formula is C28H27F2N7O. The normalized spacial score (nSPS) is 21.8. The number of hydrogen-bond donors (Lipinski definition) is 2. The number of fused-ring (bicyclic) bond motifs is 5. The van der Waals surface area contributed by atoms with Crippen molar-refractivity contribution in [3.63, 3.8) is 0 Å². The highest BCUT2D eigenvalue weighted by atomic mass is 19.1. The summed E-state index contributed by atoms with van der Waals surface area (Å²) in [6.45, 7) is 6.42. The van der Waals surface area contributed by atoms with Crippen LogP contribution in [0.2, 0.25) is 0 Å². The summed E-state index contributed by atoms with van der Waals surface area (Å²) in [4.78, 5) is 18.1. The monoisotopic (exact) mass is 515 g/mol. The van der Waals surface area contributed by atoms with Crippen LogP contribution in [0.3, 0.4) is 0 Å². The molecule has 0 aliphatic heterocycles. The molecule has 6 rings (SSSR count). The lowest BCUT2D eigenvalue weighted by Crippen LogP contribution is -2.38. The zero-order valence-electron chi connectivity index (χ0n) is 21.3. The third-order valence-corrected chi connectivity index (χ3v) is 8.16. The topological polar surface area (TPSA) is 110 Å².